The molecule has 0 unspecified atom stereocenters. The molecule has 0 saturated carbocycles. The molecule has 110 valence electrons. The van der Waals surface area contributed by atoms with E-state index in [4.69, 9.17) is 0 Å². The zero-order valence-corrected chi connectivity index (χ0v) is 12.6. The molecule has 0 spiro atoms. The minimum atomic E-state index is 0.0931. The summed E-state index contributed by atoms with van der Waals surface area (Å²) in [5, 5.41) is 9.92. The summed E-state index contributed by atoms with van der Waals surface area (Å²) in [5.74, 6) is 0. The molecule has 1 N–H and O–H groups in total. The highest BCUT2D eigenvalue weighted by Crippen LogP contribution is 2.28. The third-order valence-electron chi connectivity index (χ3n) is 4.60. The number of fused-ring (bicyclic) bond motifs is 1. The molecule has 1 aliphatic heterocycles. The van der Waals surface area contributed by atoms with Gasteiger partial charge in [0.25, 0.3) is 0 Å². The van der Waals surface area contributed by atoms with Gasteiger partial charge in [0.15, 0.2) is 0 Å². The maximum atomic E-state index is 9.92. The summed E-state index contributed by atoms with van der Waals surface area (Å²) in [6, 6.07) is 19.6. The molecule has 2 atom stereocenters. The molecule has 1 aliphatic rings. The highest BCUT2D eigenvalue weighted by Gasteiger charge is 2.27. The van der Waals surface area contributed by atoms with Gasteiger partial charge in [-0.3, -0.25) is 4.90 Å². The van der Waals surface area contributed by atoms with E-state index in [0.717, 1.165) is 19.4 Å². The van der Waals surface area contributed by atoms with E-state index in [1.165, 1.54) is 16.7 Å². The second-order valence-electron chi connectivity index (χ2n) is 5.92. The molecule has 0 fully saturated rings. The van der Waals surface area contributed by atoms with Crippen molar-refractivity contribution in [1.29, 1.82) is 0 Å². The maximum Gasteiger partial charge on any atom is 0.0628 e. The zero-order valence-electron chi connectivity index (χ0n) is 12.6. The number of nitrogens with zero attached hydrogens (tertiary/aromatic N) is 1. The summed E-state index contributed by atoms with van der Waals surface area (Å²) < 4.78 is 0. The van der Waals surface area contributed by atoms with Crippen LogP contribution in [-0.2, 0) is 12.8 Å². The summed E-state index contributed by atoms with van der Waals surface area (Å²) in [4.78, 5) is 2.45. The highest BCUT2D eigenvalue weighted by atomic mass is 16.3. The summed E-state index contributed by atoms with van der Waals surface area (Å²) >= 11 is 0. The van der Waals surface area contributed by atoms with Gasteiger partial charge >= 0.3 is 0 Å². The predicted octanol–water partition coefficient (Wildman–Crippen LogP) is 3.21. The average molecular weight is 281 g/mol. The fourth-order valence-corrected chi connectivity index (χ4v) is 3.45. The summed E-state index contributed by atoms with van der Waals surface area (Å²) in [5.41, 5.74) is 4.12. The van der Waals surface area contributed by atoms with Crippen LogP contribution in [0.4, 0.5) is 0 Å². The van der Waals surface area contributed by atoms with Crippen molar-refractivity contribution in [2.24, 2.45) is 0 Å². The Morgan fingerprint density at radius 3 is 2.43 bits per heavy atom. The molecule has 0 aliphatic carbocycles. The lowest BCUT2D eigenvalue weighted by Gasteiger charge is -2.34. The van der Waals surface area contributed by atoms with E-state index >= 15 is 0 Å². The van der Waals surface area contributed by atoms with Crippen molar-refractivity contribution < 1.29 is 5.11 Å². The van der Waals surface area contributed by atoms with Crippen LogP contribution in [0.5, 0.6) is 0 Å². The number of hydrogen-bond donors (Lipinski definition) is 1. The quantitative estimate of drug-likeness (QED) is 0.934. The van der Waals surface area contributed by atoms with Crippen molar-refractivity contribution in [1.82, 2.24) is 4.90 Å². The molecule has 0 saturated heterocycles. The van der Waals surface area contributed by atoms with Crippen LogP contribution in [0.2, 0.25) is 0 Å². The van der Waals surface area contributed by atoms with Crippen LogP contribution in [0.25, 0.3) is 0 Å². The van der Waals surface area contributed by atoms with Crippen molar-refractivity contribution in [3.8, 4) is 0 Å². The fraction of sp³-hybridized carbons (Fsp3) is 0.368. The third kappa shape index (κ3) is 3.02. The van der Waals surface area contributed by atoms with E-state index in [0.29, 0.717) is 6.04 Å². The Morgan fingerprint density at radius 2 is 1.71 bits per heavy atom. The first-order chi connectivity index (χ1) is 10.3. The Kier molecular flexibility index (Phi) is 4.37. The van der Waals surface area contributed by atoms with E-state index in [2.05, 4.69) is 60.4 Å². The lowest BCUT2D eigenvalue weighted by molar-refractivity contribution is 0.0926. The summed E-state index contributed by atoms with van der Waals surface area (Å²) in [6.45, 7) is 3.44. The zero-order chi connectivity index (χ0) is 14.7. The molecule has 21 heavy (non-hydrogen) atoms. The van der Waals surface area contributed by atoms with Gasteiger partial charge in [0.2, 0.25) is 0 Å². The SMILES string of the molecule is C[C@@H]1Cc2ccccc2CCN1[C@@H](CO)c1ccccc1. The Bertz CT molecular complexity index is 581. The molecule has 3 rings (SSSR count). The number of rotatable bonds is 3. The largest absolute Gasteiger partial charge is 0.394 e. The lowest BCUT2D eigenvalue weighted by Crippen LogP contribution is -2.39. The summed E-state index contributed by atoms with van der Waals surface area (Å²) in [7, 11) is 0. The molecule has 2 aromatic carbocycles. The van der Waals surface area contributed by atoms with Crippen LogP contribution >= 0.6 is 0 Å². The normalized spacial score (nSPS) is 20.6. The van der Waals surface area contributed by atoms with Gasteiger partial charge in [0.05, 0.1) is 12.6 Å². The van der Waals surface area contributed by atoms with Gasteiger partial charge in [-0.25, -0.2) is 0 Å². The first-order valence-corrected chi connectivity index (χ1v) is 7.78. The molecule has 0 aromatic heterocycles. The molecular weight excluding hydrogens is 258 g/mol. The monoisotopic (exact) mass is 281 g/mol. The fourth-order valence-electron chi connectivity index (χ4n) is 3.45. The molecule has 2 aromatic rings. The van der Waals surface area contributed by atoms with Gasteiger partial charge in [0, 0.05) is 12.6 Å². The third-order valence-corrected chi connectivity index (χ3v) is 4.60. The topological polar surface area (TPSA) is 23.5 Å². The predicted molar refractivity (Wildman–Crippen MR) is 86.3 cm³/mol. The summed E-state index contributed by atoms with van der Waals surface area (Å²) in [6.07, 6.45) is 2.11. The molecule has 0 bridgehead atoms. The Hall–Kier alpha value is -1.64. The van der Waals surface area contributed by atoms with Gasteiger partial charge in [-0.1, -0.05) is 54.6 Å². The Balaban J connectivity index is 1.86. The van der Waals surface area contributed by atoms with Gasteiger partial charge in [-0.15, -0.1) is 0 Å². The molecular formula is C19H23NO. The molecule has 0 amide bonds. The van der Waals surface area contributed by atoms with E-state index in [1.54, 1.807) is 0 Å². The molecule has 2 heteroatoms. The van der Waals surface area contributed by atoms with Crippen LogP contribution in [0, 0.1) is 0 Å². The lowest BCUT2D eigenvalue weighted by atomic mass is 10.0. The minimum absolute atomic E-state index is 0.0931. The van der Waals surface area contributed by atoms with Gasteiger partial charge < -0.3 is 5.11 Å². The first kappa shape index (κ1) is 14.3. The Morgan fingerprint density at radius 1 is 1.05 bits per heavy atom. The van der Waals surface area contributed by atoms with Crippen LogP contribution in [-0.4, -0.2) is 29.2 Å². The van der Waals surface area contributed by atoms with Crippen LogP contribution < -0.4 is 0 Å². The number of benzene rings is 2. The van der Waals surface area contributed by atoms with Crippen molar-refractivity contribution in [2.45, 2.75) is 31.8 Å². The van der Waals surface area contributed by atoms with Crippen LogP contribution in [0.1, 0.15) is 29.7 Å². The second kappa shape index (κ2) is 6.42. The van der Waals surface area contributed by atoms with E-state index in [9.17, 15) is 5.11 Å². The van der Waals surface area contributed by atoms with E-state index in [1.807, 2.05) is 6.07 Å². The smallest absolute Gasteiger partial charge is 0.0628 e. The second-order valence-corrected chi connectivity index (χ2v) is 5.92. The van der Waals surface area contributed by atoms with Gasteiger partial charge in [0.1, 0.15) is 0 Å². The van der Waals surface area contributed by atoms with Gasteiger partial charge in [-0.2, -0.15) is 0 Å². The van der Waals surface area contributed by atoms with Crippen molar-refractivity contribution in [3.63, 3.8) is 0 Å². The van der Waals surface area contributed by atoms with Crippen molar-refractivity contribution in [3.05, 3.63) is 71.3 Å². The minimum Gasteiger partial charge on any atom is -0.394 e. The number of aliphatic hydroxyl groups excluding tert-OH is 1. The molecule has 0 radical (unpaired) electrons. The highest BCUT2D eigenvalue weighted by molar-refractivity contribution is 5.30. The van der Waals surface area contributed by atoms with Crippen molar-refractivity contribution >= 4 is 0 Å². The first-order valence-electron chi connectivity index (χ1n) is 7.78. The average Bonchev–Trinajstić information content (AvgIpc) is 2.69. The van der Waals surface area contributed by atoms with E-state index < -0.39 is 0 Å². The maximum absolute atomic E-state index is 9.92. The van der Waals surface area contributed by atoms with E-state index in [-0.39, 0.29) is 12.6 Å². The molecule has 2 nitrogen and oxygen atoms in total. The Labute approximate surface area is 127 Å². The van der Waals surface area contributed by atoms with Gasteiger partial charge in [-0.05, 0) is 36.5 Å². The number of aliphatic hydroxyl groups is 1. The standard InChI is InChI=1S/C19H23NO/c1-15-13-18-10-6-5-7-16(18)11-12-20(15)19(14-21)17-8-3-2-4-9-17/h2-10,15,19,21H,11-14H2,1H3/t15-,19+/m1/s1. The van der Waals surface area contributed by atoms with Crippen molar-refractivity contribution in [2.75, 3.05) is 13.2 Å². The van der Waals surface area contributed by atoms with Crippen LogP contribution in [0.15, 0.2) is 54.6 Å². The number of hydrogen-bond acceptors (Lipinski definition) is 2. The molecule has 1 heterocycles. The van der Waals surface area contributed by atoms with Crippen LogP contribution in [0.3, 0.4) is 0 Å².